The van der Waals surface area contributed by atoms with Gasteiger partial charge in [-0.05, 0) is 51.2 Å². The molecule has 0 aliphatic carbocycles. The zero-order valence-electron chi connectivity index (χ0n) is 18.0. The molecule has 29 heavy (non-hydrogen) atoms. The molecule has 3 rings (SSSR count). The minimum Gasteiger partial charge on any atom is -0.489 e. The van der Waals surface area contributed by atoms with Crippen molar-refractivity contribution in [2.45, 2.75) is 64.3 Å². The molecular weight excluding hydrogens is 366 g/mol. The lowest BCUT2D eigenvalue weighted by atomic mass is 10.1. The first kappa shape index (κ1) is 21.9. The molecule has 2 heterocycles. The average molecular weight is 404 g/mol. The fourth-order valence-corrected chi connectivity index (χ4v) is 3.81. The number of nitrogens with one attached hydrogen (secondary N) is 1. The van der Waals surface area contributed by atoms with Crippen LogP contribution in [0.2, 0.25) is 0 Å². The SMILES string of the molecule is CCNC(=NCC(CC)Oc1ccccc1)N1CCC(OCC2CCCO2)CC1. The van der Waals surface area contributed by atoms with E-state index in [2.05, 4.69) is 24.1 Å². The summed E-state index contributed by atoms with van der Waals surface area (Å²) in [5.41, 5.74) is 0. The van der Waals surface area contributed by atoms with Crippen molar-refractivity contribution < 1.29 is 14.2 Å². The van der Waals surface area contributed by atoms with Crippen LogP contribution >= 0.6 is 0 Å². The summed E-state index contributed by atoms with van der Waals surface area (Å²) in [6, 6.07) is 10.0. The number of likely N-dealkylation sites (tertiary alicyclic amines) is 1. The highest BCUT2D eigenvalue weighted by atomic mass is 16.5. The molecular formula is C23H37N3O3. The van der Waals surface area contributed by atoms with Crippen LogP contribution in [-0.4, -0.2) is 68.6 Å². The van der Waals surface area contributed by atoms with Crippen molar-refractivity contribution >= 4 is 5.96 Å². The lowest BCUT2D eigenvalue weighted by Crippen LogP contribution is -2.47. The molecule has 2 saturated heterocycles. The van der Waals surface area contributed by atoms with Crippen LogP contribution < -0.4 is 10.1 Å². The Morgan fingerprint density at radius 3 is 2.66 bits per heavy atom. The second-order valence-electron chi connectivity index (χ2n) is 7.81. The summed E-state index contributed by atoms with van der Waals surface area (Å²) in [6.07, 6.45) is 6.03. The van der Waals surface area contributed by atoms with Crippen LogP contribution in [0, 0.1) is 0 Å². The molecule has 0 radical (unpaired) electrons. The first-order valence-corrected chi connectivity index (χ1v) is 11.3. The van der Waals surface area contributed by atoms with Crippen molar-refractivity contribution in [1.29, 1.82) is 0 Å². The van der Waals surface area contributed by atoms with Crippen molar-refractivity contribution in [3.05, 3.63) is 30.3 Å². The smallest absolute Gasteiger partial charge is 0.194 e. The molecule has 162 valence electrons. The van der Waals surface area contributed by atoms with Gasteiger partial charge in [0.05, 0.1) is 25.4 Å². The number of para-hydroxylation sites is 1. The Morgan fingerprint density at radius 1 is 1.21 bits per heavy atom. The van der Waals surface area contributed by atoms with Crippen LogP contribution in [0.1, 0.15) is 46.0 Å². The molecule has 6 nitrogen and oxygen atoms in total. The summed E-state index contributed by atoms with van der Waals surface area (Å²) in [5, 5.41) is 3.45. The van der Waals surface area contributed by atoms with E-state index in [0.29, 0.717) is 18.8 Å². The highest BCUT2D eigenvalue weighted by molar-refractivity contribution is 5.80. The molecule has 2 aliphatic heterocycles. The zero-order valence-corrected chi connectivity index (χ0v) is 18.0. The highest BCUT2D eigenvalue weighted by Crippen LogP contribution is 2.18. The highest BCUT2D eigenvalue weighted by Gasteiger charge is 2.24. The standard InChI is InChI=1S/C23H37N3O3/c1-3-19(29-21-9-6-5-7-10-21)17-25-23(24-4-2)26-14-12-20(13-15-26)28-18-22-11-8-16-27-22/h5-7,9-10,19-20,22H,3-4,8,11-18H2,1-2H3,(H,24,25). The molecule has 2 fully saturated rings. The molecule has 2 atom stereocenters. The van der Waals surface area contributed by atoms with Gasteiger partial charge in [0.25, 0.3) is 0 Å². The summed E-state index contributed by atoms with van der Waals surface area (Å²) < 4.78 is 17.9. The Hall–Kier alpha value is -1.79. The predicted molar refractivity (Wildman–Crippen MR) is 117 cm³/mol. The van der Waals surface area contributed by atoms with Crippen LogP contribution in [0.4, 0.5) is 0 Å². The average Bonchev–Trinajstić information content (AvgIpc) is 3.29. The van der Waals surface area contributed by atoms with Crippen LogP contribution in [0.15, 0.2) is 35.3 Å². The molecule has 2 aliphatic rings. The summed E-state index contributed by atoms with van der Waals surface area (Å²) in [7, 11) is 0. The fourth-order valence-electron chi connectivity index (χ4n) is 3.81. The molecule has 1 aromatic rings. The maximum atomic E-state index is 6.10. The van der Waals surface area contributed by atoms with E-state index in [9.17, 15) is 0 Å². The quantitative estimate of drug-likeness (QED) is 0.505. The van der Waals surface area contributed by atoms with Gasteiger partial charge in [0.2, 0.25) is 0 Å². The number of guanidine groups is 1. The predicted octanol–water partition coefficient (Wildman–Crippen LogP) is 3.47. The molecule has 0 amide bonds. The van der Waals surface area contributed by atoms with Crippen molar-refractivity contribution in [1.82, 2.24) is 10.2 Å². The topological polar surface area (TPSA) is 55.3 Å². The number of ether oxygens (including phenoxy) is 3. The third-order valence-corrected chi connectivity index (χ3v) is 5.56. The molecule has 0 bridgehead atoms. The monoisotopic (exact) mass is 403 g/mol. The largest absolute Gasteiger partial charge is 0.489 e. The van der Waals surface area contributed by atoms with Crippen LogP contribution in [0.5, 0.6) is 5.75 Å². The van der Waals surface area contributed by atoms with Gasteiger partial charge in [-0.25, -0.2) is 4.99 Å². The van der Waals surface area contributed by atoms with Gasteiger partial charge < -0.3 is 24.4 Å². The van der Waals surface area contributed by atoms with Crippen LogP contribution in [0.3, 0.4) is 0 Å². The number of rotatable bonds is 9. The van der Waals surface area contributed by atoms with Crippen molar-refractivity contribution in [2.24, 2.45) is 4.99 Å². The normalized spacial score (nSPS) is 21.9. The van der Waals surface area contributed by atoms with Gasteiger partial charge in [0.1, 0.15) is 11.9 Å². The first-order chi connectivity index (χ1) is 14.3. The summed E-state index contributed by atoms with van der Waals surface area (Å²) in [5.74, 6) is 1.89. The lowest BCUT2D eigenvalue weighted by molar-refractivity contribution is -0.0367. The summed E-state index contributed by atoms with van der Waals surface area (Å²) in [4.78, 5) is 7.24. The van der Waals surface area contributed by atoms with Crippen LogP contribution in [-0.2, 0) is 9.47 Å². The van der Waals surface area contributed by atoms with E-state index in [1.54, 1.807) is 0 Å². The molecule has 0 saturated carbocycles. The van der Waals surface area contributed by atoms with E-state index in [0.717, 1.165) is 70.2 Å². The number of piperidine rings is 1. The third kappa shape index (κ3) is 7.19. The van der Waals surface area contributed by atoms with Gasteiger partial charge in [0, 0.05) is 26.2 Å². The number of hydrogen-bond donors (Lipinski definition) is 1. The van der Waals surface area contributed by atoms with Crippen LogP contribution in [0.25, 0.3) is 0 Å². The Balaban J connectivity index is 1.46. The van der Waals surface area contributed by atoms with Gasteiger partial charge in [0.15, 0.2) is 5.96 Å². The van der Waals surface area contributed by atoms with E-state index < -0.39 is 0 Å². The number of nitrogens with zero attached hydrogens (tertiary/aromatic N) is 2. The molecule has 1 aromatic carbocycles. The molecule has 0 spiro atoms. The Labute approximate surface area is 175 Å². The van der Waals surface area contributed by atoms with E-state index in [4.69, 9.17) is 19.2 Å². The first-order valence-electron chi connectivity index (χ1n) is 11.3. The molecule has 2 unspecified atom stereocenters. The number of hydrogen-bond acceptors (Lipinski definition) is 4. The summed E-state index contributed by atoms with van der Waals surface area (Å²) in [6.45, 7) is 9.36. The second-order valence-corrected chi connectivity index (χ2v) is 7.81. The zero-order chi connectivity index (χ0) is 20.3. The van der Waals surface area contributed by atoms with Crippen molar-refractivity contribution in [2.75, 3.05) is 39.4 Å². The van der Waals surface area contributed by atoms with Gasteiger partial charge in [-0.3, -0.25) is 0 Å². The fraction of sp³-hybridized carbons (Fsp3) is 0.696. The molecule has 0 aromatic heterocycles. The van der Waals surface area contributed by atoms with Crippen molar-refractivity contribution in [3.63, 3.8) is 0 Å². The Bertz CT molecular complexity index is 597. The van der Waals surface area contributed by atoms with Gasteiger partial charge in [-0.1, -0.05) is 25.1 Å². The van der Waals surface area contributed by atoms with E-state index >= 15 is 0 Å². The van der Waals surface area contributed by atoms with E-state index in [-0.39, 0.29) is 6.10 Å². The van der Waals surface area contributed by atoms with Gasteiger partial charge in [-0.15, -0.1) is 0 Å². The number of aliphatic imine (C=N–C) groups is 1. The Kier molecular flexibility index (Phi) is 9.09. The molecule has 6 heteroatoms. The Morgan fingerprint density at radius 2 is 2.00 bits per heavy atom. The van der Waals surface area contributed by atoms with Gasteiger partial charge in [-0.2, -0.15) is 0 Å². The maximum Gasteiger partial charge on any atom is 0.194 e. The van der Waals surface area contributed by atoms with Gasteiger partial charge >= 0.3 is 0 Å². The lowest BCUT2D eigenvalue weighted by Gasteiger charge is -2.34. The summed E-state index contributed by atoms with van der Waals surface area (Å²) >= 11 is 0. The minimum absolute atomic E-state index is 0.0818. The third-order valence-electron chi connectivity index (χ3n) is 5.56. The maximum absolute atomic E-state index is 6.10. The van der Waals surface area contributed by atoms with E-state index in [1.807, 2.05) is 30.3 Å². The number of benzene rings is 1. The second kappa shape index (κ2) is 12.0. The molecule has 1 N–H and O–H groups in total. The van der Waals surface area contributed by atoms with Crippen molar-refractivity contribution in [3.8, 4) is 5.75 Å². The minimum atomic E-state index is 0.0818. The van der Waals surface area contributed by atoms with E-state index in [1.165, 1.54) is 6.42 Å².